The van der Waals surface area contributed by atoms with Crippen molar-refractivity contribution in [1.82, 2.24) is 5.48 Å². The van der Waals surface area contributed by atoms with Gasteiger partial charge in [0.15, 0.2) is 0 Å². The van der Waals surface area contributed by atoms with E-state index in [0.717, 1.165) is 5.12 Å². The zero-order valence-electron chi connectivity index (χ0n) is 1.84. The summed E-state index contributed by atoms with van der Waals surface area (Å²) in [5, 5.41) is 8.53. The van der Waals surface area contributed by atoms with Gasteiger partial charge in [0.25, 0.3) is 0 Å². The van der Waals surface area contributed by atoms with Gasteiger partial charge in [0.2, 0.25) is 0 Å². The molecule has 0 aliphatic carbocycles. The molecule has 0 heterocycles. The molecule has 0 bridgehead atoms. The van der Waals surface area contributed by atoms with Crippen LogP contribution in [0, 0.1) is 0 Å². The van der Waals surface area contributed by atoms with Gasteiger partial charge in [-0.1, -0.05) is 0 Å². The van der Waals surface area contributed by atoms with Crippen molar-refractivity contribution >= 4 is 5.12 Å². The molecule has 0 aromatic heterocycles. The SMILES string of the molecule is ON[CH]=[Ni]. The monoisotopic (exact) mass is 103 g/mol. The van der Waals surface area contributed by atoms with Gasteiger partial charge in [-0.05, 0) is 0 Å². The van der Waals surface area contributed by atoms with Crippen LogP contribution in [0.3, 0.4) is 0 Å². The van der Waals surface area contributed by atoms with Crippen molar-refractivity contribution in [2.45, 2.75) is 0 Å². The van der Waals surface area contributed by atoms with Crippen LogP contribution >= 0.6 is 0 Å². The van der Waals surface area contributed by atoms with E-state index in [1.807, 2.05) is 0 Å². The third-order valence-corrected chi connectivity index (χ3v) is 0.168. The van der Waals surface area contributed by atoms with E-state index in [1.54, 1.807) is 5.48 Å². The summed E-state index contributed by atoms with van der Waals surface area (Å²) < 4.78 is 0. The molecular formula is CH3NNiO. The Morgan fingerprint density at radius 2 is 2.25 bits per heavy atom. The van der Waals surface area contributed by atoms with Gasteiger partial charge >= 0.3 is 30.8 Å². The maximum absolute atomic E-state index is 7.48. The predicted octanol–water partition coefficient (Wildman–Crippen LogP) is -0.728. The second kappa shape index (κ2) is 3.28. The summed E-state index contributed by atoms with van der Waals surface area (Å²) in [7, 11) is 0. The summed E-state index contributed by atoms with van der Waals surface area (Å²) >= 11 is 3.83. The van der Waals surface area contributed by atoms with Crippen LogP contribution in [0.4, 0.5) is 0 Å². The summed E-state index contributed by atoms with van der Waals surface area (Å²) in [6.45, 7) is 0. The standard InChI is InChI=1S/CH3NO.Ni/c1-2-3;/h1-3H;. The minimum atomic E-state index is 1.06. The van der Waals surface area contributed by atoms with Crippen molar-refractivity contribution in [2.75, 3.05) is 0 Å². The number of hydrogen-bond donors (Lipinski definition) is 2. The van der Waals surface area contributed by atoms with Crippen molar-refractivity contribution in [3.8, 4) is 0 Å². The maximum atomic E-state index is 7.48. The quantitative estimate of drug-likeness (QED) is 0.339. The number of hydroxylamine groups is 1. The van der Waals surface area contributed by atoms with Gasteiger partial charge < -0.3 is 0 Å². The number of hydrogen-bond acceptors (Lipinski definition) is 2. The predicted molar refractivity (Wildman–Crippen MR) is 11.0 cm³/mol. The molecule has 0 spiro atoms. The molecule has 0 saturated carbocycles. The second-order valence-corrected chi connectivity index (χ2v) is 0.505. The molecule has 0 unspecified atom stereocenters. The molecule has 0 aromatic carbocycles. The van der Waals surface area contributed by atoms with E-state index in [-0.39, 0.29) is 0 Å². The Morgan fingerprint density at radius 1 is 2.00 bits per heavy atom. The zero-order chi connectivity index (χ0) is 3.41. The summed E-state index contributed by atoms with van der Waals surface area (Å²) in [6.07, 6.45) is 0. The fourth-order valence-corrected chi connectivity index (χ4v) is 0. The van der Waals surface area contributed by atoms with E-state index in [0.29, 0.717) is 0 Å². The van der Waals surface area contributed by atoms with Gasteiger partial charge in [0.05, 0.1) is 0 Å². The van der Waals surface area contributed by atoms with Crippen molar-refractivity contribution in [2.24, 2.45) is 0 Å². The van der Waals surface area contributed by atoms with Crippen molar-refractivity contribution in [3.63, 3.8) is 0 Å². The Labute approximate surface area is 31.7 Å². The third kappa shape index (κ3) is 2.28. The Morgan fingerprint density at radius 3 is 2.25 bits per heavy atom. The fourth-order valence-electron chi connectivity index (χ4n) is 0. The molecule has 0 saturated heterocycles. The van der Waals surface area contributed by atoms with E-state index in [2.05, 4.69) is 15.0 Å². The molecule has 0 aliphatic rings. The molecule has 0 aromatic rings. The summed E-state index contributed by atoms with van der Waals surface area (Å²) in [5.41, 5.74) is 1.64. The molecule has 0 fully saturated rings. The molecule has 0 amide bonds. The molecule has 0 rings (SSSR count). The van der Waals surface area contributed by atoms with Crippen LogP contribution in [-0.4, -0.2) is 10.3 Å². The second-order valence-electron chi connectivity index (χ2n) is 0.220. The van der Waals surface area contributed by atoms with Crippen LogP contribution in [0.5, 0.6) is 0 Å². The molecule has 2 nitrogen and oxygen atoms in total. The van der Waals surface area contributed by atoms with Crippen molar-refractivity contribution < 1.29 is 20.2 Å². The Kier molecular flexibility index (Phi) is 3.52. The molecule has 28 valence electrons. The third-order valence-electron chi connectivity index (χ3n) is 0.0408. The van der Waals surface area contributed by atoms with E-state index in [9.17, 15) is 0 Å². The number of rotatable bonds is 1. The Hall–Kier alpha value is 0.284. The number of nitrogens with one attached hydrogen (secondary N) is 1. The zero-order valence-corrected chi connectivity index (χ0v) is 2.83. The van der Waals surface area contributed by atoms with E-state index in [4.69, 9.17) is 5.21 Å². The van der Waals surface area contributed by atoms with Crippen LogP contribution in [0.15, 0.2) is 0 Å². The van der Waals surface area contributed by atoms with Gasteiger partial charge in [-0.15, -0.1) is 0 Å². The van der Waals surface area contributed by atoms with Crippen molar-refractivity contribution in [1.29, 1.82) is 0 Å². The molecule has 3 heteroatoms. The summed E-state index contributed by atoms with van der Waals surface area (Å²) in [5.74, 6) is 0. The van der Waals surface area contributed by atoms with Gasteiger partial charge in [0, 0.05) is 0 Å². The first-order chi connectivity index (χ1) is 1.91. The van der Waals surface area contributed by atoms with E-state index >= 15 is 0 Å². The minimum absolute atomic E-state index is 1.06. The summed E-state index contributed by atoms with van der Waals surface area (Å²) in [4.78, 5) is 0. The molecule has 0 radical (unpaired) electrons. The van der Waals surface area contributed by atoms with Crippen LogP contribution in [0.25, 0.3) is 0 Å². The average Bonchev–Trinajstić information content (AvgIpc) is 1.37. The molecule has 0 atom stereocenters. The normalized spacial score (nSPS) is 6.75. The molecule has 0 aliphatic heterocycles. The molecular weight excluding hydrogens is 101 g/mol. The first-order valence-electron chi connectivity index (χ1n) is 0.695. The van der Waals surface area contributed by atoms with Gasteiger partial charge in [-0.2, -0.15) is 0 Å². The molecule has 2 N–H and O–H groups in total. The van der Waals surface area contributed by atoms with Crippen LogP contribution in [0.1, 0.15) is 0 Å². The first kappa shape index (κ1) is 4.28. The fraction of sp³-hybridized carbons (Fsp3) is 0. The average molecular weight is 104 g/mol. The van der Waals surface area contributed by atoms with Crippen molar-refractivity contribution in [3.05, 3.63) is 0 Å². The van der Waals surface area contributed by atoms with Gasteiger partial charge in [-0.25, -0.2) is 0 Å². The molecule has 4 heavy (non-hydrogen) atoms. The van der Waals surface area contributed by atoms with Gasteiger partial charge in [0.1, 0.15) is 0 Å². The summed E-state index contributed by atoms with van der Waals surface area (Å²) in [6, 6.07) is 0. The van der Waals surface area contributed by atoms with Crippen LogP contribution in [0.2, 0.25) is 0 Å². The van der Waals surface area contributed by atoms with Crippen LogP contribution < -0.4 is 5.48 Å². The van der Waals surface area contributed by atoms with Gasteiger partial charge in [-0.3, -0.25) is 0 Å². The topological polar surface area (TPSA) is 32.3 Å². The Bertz CT molecular complexity index is 22.0. The first-order valence-corrected chi connectivity index (χ1v) is 1.27. The Balaban J connectivity index is 2.30. The van der Waals surface area contributed by atoms with E-state index in [1.165, 1.54) is 0 Å². The van der Waals surface area contributed by atoms with Crippen LogP contribution in [-0.2, 0) is 15.0 Å². The van der Waals surface area contributed by atoms with E-state index < -0.39 is 0 Å².